The Balaban J connectivity index is 1.63. The van der Waals surface area contributed by atoms with Gasteiger partial charge in [0.2, 0.25) is 5.95 Å². The van der Waals surface area contributed by atoms with E-state index < -0.39 is 0 Å². The number of carbonyl (C=O) groups excluding carboxylic acids is 1. The van der Waals surface area contributed by atoms with E-state index in [1.165, 1.54) is 0 Å². The van der Waals surface area contributed by atoms with E-state index in [1.807, 2.05) is 24.9 Å². The van der Waals surface area contributed by atoms with Gasteiger partial charge in [0, 0.05) is 51.3 Å². The number of hydrogen-bond acceptors (Lipinski definition) is 6. The summed E-state index contributed by atoms with van der Waals surface area (Å²) in [5.41, 5.74) is 3.21. The van der Waals surface area contributed by atoms with Crippen LogP contribution >= 0.6 is 0 Å². The summed E-state index contributed by atoms with van der Waals surface area (Å²) in [6, 6.07) is 3.75. The molecule has 1 aliphatic rings. The van der Waals surface area contributed by atoms with Gasteiger partial charge in [-0.3, -0.25) is 9.48 Å². The summed E-state index contributed by atoms with van der Waals surface area (Å²) in [6.07, 6.45) is 3.48. The molecule has 28 heavy (non-hydrogen) atoms. The number of rotatable bonds is 3. The smallest absolute Gasteiger partial charge is 0.254 e. The van der Waals surface area contributed by atoms with Gasteiger partial charge in [-0.25, -0.2) is 15.0 Å². The SMILES string of the molecule is Cc1nn(C)c2nc(C(C)C)cc(C(=O)N3CCN(c4ncccn4)CC3)c12. The molecule has 0 aromatic carbocycles. The van der Waals surface area contributed by atoms with Crippen LogP contribution in [0.25, 0.3) is 11.0 Å². The summed E-state index contributed by atoms with van der Waals surface area (Å²) >= 11 is 0. The van der Waals surface area contributed by atoms with Gasteiger partial charge in [-0.1, -0.05) is 13.8 Å². The number of pyridine rings is 1. The van der Waals surface area contributed by atoms with E-state index in [9.17, 15) is 4.79 Å². The van der Waals surface area contributed by atoms with E-state index in [-0.39, 0.29) is 11.8 Å². The van der Waals surface area contributed by atoms with Crippen LogP contribution in [0.1, 0.15) is 41.5 Å². The van der Waals surface area contributed by atoms with Crippen LogP contribution in [0, 0.1) is 6.92 Å². The minimum absolute atomic E-state index is 0.0408. The van der Waals surface area contributed by atoms with Crippen LogP contribution < -0.4 is 4.90 Å². The van der Waals surface area contributed by atoms with Crippen LogP contribution in [0.15, 0.2) is 24.5 Å². The second kappa shape index (κ2) is 7.18. The number of hydrogen-bond donors (Lipinski definition) is 0. The first-order valence-electron chi connectivity index (χ1n) is 9.61. The maximum Gasteiger partial charge on any atom is 0.254 e. The molecule has 4 heterocycles. The van der Waals surface area contributed by atoms with Crippen molar-refractivity contribution in [2.45, 2.75) is 26.7 Å². The lowest BCUT2D eigenvalue weighted by molar-refractivity contribution is 0.0748. The van der Waals surface area contributed by atoms with Crippen molar-refractivity contribution in [2.24, 2.45) is 7.05 Å². The minimum atomic E-state index is 0.0408. The van der Waals surface area contributed by atoms with E-state index in [4.69, 9.17) is 4.98 Å². The fourth-order valence-electron chi connectivity index (χ4n) is 3.66. The zero-order chi connectivity index (χ0) is 19.8. The molecule has 0 spiro atoms. The Kier molecular flexibility index (Phi) is 4.70. The number of piperazine rings is 1. The van der Waals surface area contributed by atoms with Crippen molar-refractivity contribution in [3.05, 3.63) is 41.5 Å². The Hall–Kier alpha value is -3.03. The van der Waals surface area contributed by atoms with Crippen molar-refractivity contribution in [2.75, 3.05) is 31.1 Å². The Bertz CT molecular complexity index is 1000. The van der Waals surface area contributed by atoms with Crippen molar-refractivity contribution in [3.63, 3.8) is 0 Å². The third-order valence-corrected chi connectivity index (χ3v) is 5.21. The topological polar surface area (TPSA) is 80.0 Å². The third kappa shape index (κ3) is 3.19. The van der Waals surface area contributed by atoms with Gasteiger partial charge < -0.3 is 9.80 Å². The zero-order valence-electron chi connectivity index (χ0n) is 16.8. The normalized spacial score (nSPS) is 14.9. The van der Waals surface area contributed by atoms with Gasteiger partial charge >= 0.3 is 0 Å². The zero-order valence-corrected chi connectivity index (χ0v) is 16.8. The third-order valence-electron chi connectivity index (χ3n) is 5.21. The van der Waals surface area contributed by atoms with Crippen molar-refractivity contribution in [3.8, 4) is 0 Å². The molecule has 1 fully saturated rings. The van der Waals surface area contributed by atoms with Gasteiger partial charge in [0.15, 0.2) is 5.65 Å². The maximum absolute atomic E-state index is 13.4. The van der Waals surface area contributed by atoms with E-state index in [0.717, 1.165) is 22.4 Å². The number of aromatic nitrogens is 5. The van der Waals surface area contributed by atoms with E-state index >= 15 is 0 Å². The highest BCUT2D eigenvalue weighted by atomic mass is 16.2. The van der Waals surface area contributed by atoms with Crippen molar-refractivity contribution in [1.29, 1.82) is 0 Å². The Labute approximate surface area is 164 Å². The number of carbonyl (C=O) groups is 1. The highest BCUT2D eigenvalue weighted by Gasteiger charge is 2.27. The first kappa shape index (κ1) is 18.3. The Morgan fingerprint density at radius 1 is 1.11 bits per heavy atom. The number of fused-ring (bicyclic) bond motifs is 1. The molecule has 0 N–H and O–H groups in total. The highest BCUT2D eigenvalue weighted by Crippen LogP contribution is 2.26. The lowest BCUT2D eigenvalue weighted by Crippen LogP contribution is -2.49. The molecule has 1 saturated heterocycles. The summed E-state index contributed by atoms with van der Waals surface area (Å²) in [5.74, 6) is 0.989. The molecule has 0 radical (unpaired) electrons. The van der Waals surface area contributed by atoms with Crippen LogP contribution in [0.4, 0.5) is 5.95 Å². The summed E-state index contributed by atoms with van der Waals surface area (Å²) in [6.45, 7) is 8.81. The lowest BCUT2D eigenvalue weighted by Gasteiger charge is -2.34. The van der Waals surface area contributed by atoms with Gasteiger partial charge in [-0.15, -0.1) is 0 Å². The van der Waals surface area contributed by atoms with Gasteiger partial charge in [0.1, 0.15) is 0 Å². The van der Waals surface area contributed by atoms with Crippen LogP contribution in [0.3, 0.4) is 0 Å². The summed E-state index contributed by atoms with van der Waals surface area (Å²) < 4.78 is 1.76. The number of nitrogens with zero attached hydrogens (tertiary/aromatic N) is 7. The average molecular weight is 379 g/mol. The summed E-state index contributed by atoms with van der Waals surface area (Å²) in [7, 11) is 1.87. The molecule has 4 rings (SSSR count). The van der Waals surface area contributed by atoms with E-state index in [0.29, 0.717) is 37.7 Å². The van der Waals surface area contributed by atoms with Gasteiger partial charge in [0.05, 0.1) is 16.6 Å². The van der Waals surface area contributed by atoms with Crippen molar-refractivity contribution in [1.82, 2.24) is 29.6 Å². The molecule has 1 aliphatic heterocycles. The average Bonchev–Trinajstić information content (AvgIpc) is 3.01. The standard InChI is InChI=1S/C20H25N7O/c1-13(2)16-12-15(17-14(3)24-25(4)18(17)23-16)19(28)26-8-10-27(11-9-26)20-21-6-5-7-22-20/h5-7,12-13H,8-11H2,1-4H3. The van der Waals surface area contributed by atoms with Crippen LogP contribution in [0.2, 0.25) is 0 Å². The molecular formula is C20H25N7O. The molecule has 8 nitrogen and oxygen atoms in total. The van der Waals surface area contributed by atoms with Crippen LogP contribution in [0.5, 0.6) is 0 Å². The van der Waals surface area contributed by atoms with Crippen LogP contribution in [-0.2, 0) is 7.05 Å². The molecular weight excluding hydrogens is 354 g/mol. The molecule has 146 valence electrons. The van der Waals surface area contributed by atoms with Crippen molar-refractivity contribution >= 4 is 22.9 Å². The summed E-state index contributed by atoms with van der Waals surface area (Å²) in [5, 5.41) is 5.34. The summed E-state index contributed by atoms with van der Waals surface area (Å²) in [4.78, 5) is 30.8. The first-order valence-corrected chi connectivity index (χ1v) is 9.61. The molecule has 0 atom stereocenters. The molecule has 0 unspecified atom stereocenters. The number of anilines is 1. The van der Waals surface area contributed by atoms with E-state index in [1.54, 1.807) is 23.1 Å². The predicted molar refractivity (Wildman–Crippen MR) is 107 cm³/mol. The lowest BCUT2D eigenvalue weighted by atomic mass is 10.0. The molecule has 3 aromatic rings. The maximum atomic E-state index is 13.4. The Morgan fingerprint density at radius 3 is 2.43 bits per heavy atom. The molecule has 8 heteroatoms. The number of amides is 1. The van der Waals surface area contributed by atoms with Gasteiger partial charge in [-0.2, -0.15) is 5.10 Å². The fourth-order valence-corrected chi connectivity index (χ4v) is 3.66. The molecule has 0 saturated carbocycles. The Morgan fingerprint density at radius 2 is 1.79 bits per heavy atom. The second-order valence-corrected chi connectivity index (χ2v) is 7.49. The first-order chi connectivity index (χ1) is 13.5. The molecule has 1 amide bonds. The molecule has 0 aliphatic carbocycles. The fraction of sp³-hybridized carbons (Fsp3) is 0.450. The predicted octanol–water partition coefficient (Wildman–Crippen LogP) is 2.15. The van der Waals surface area contributed by atoms with Crippen molar-refractivity contribution < 1.29 is 4.79 Å². The largest absolute Gasteiger partial charge is 0.337 e. The quantitative estimate of drug-likeness (QED) is 0.694. The highest BCUT2D eigenvalue weighted by molar-refractivity contribution is 6.06. The molecule has 0 bridgehead atoms. The van der Waals surface area contributed by atoms with Crippen LogP contribution in [-0.4, -0.2) is 61.7 Å². The number of aryl methyl sites for hydroxylation is 2. The monoisotopic (exact) mass is 379 g/mol. The minimum Gasteiger partial charge on any atom is -0.337 e. The van der Waals surface area contributed by atoms with Gasteiger partial charge in [-0.05, 0) is 25.0 Å². The van der Waals surface area contributed by atoms with E-state index in [2.05, 4.69) is 33.8 Å². The second-order valence-electron chi connectivity index (χ2n) is 7.49. The van der Waals surface area contributed by atoms with Gasteiger partial charge in [0.25, 0.3) is 5.91 Å². The molecule has 3 aromatic heterocycles.